The van der Waals surface area contributed by atoms with Gasteiger partial charge in [-0.2, -0.15) is 10.5 Å². The average molecular weight is 402 g/mol. The van der Waals surface area contributed by atoms with Gasteiger partial charge in [-0.3, -0.25) is 0 Å². The van der Waals surface area contributed by atoms with Gasteiger partial charge in [0.1, 0.15) is 23.6 Å². The third-order valence-electron chi connectivity index (χ3n) is 4.13. The van der Waals surface area contributed by atoms with Crippen LogP contribution in [0.15, 0.2) is 60.7 Å². The number of carbonyl (C=O) groups excluding carboxylic acids is 1. The zero-order chi connectivity index (χ0) is 21.9. The lowest BCUT2D eigenvalue weighted by molar-refractivity contribution is -0.139. The normalized spacial score (nSPS) is 10.8. The Morgan fingerprint density at radius 2 is 1.40 bits per heavy atom. The first-order valence-electron chi connectivity index (χ1n) is 9.25. The van der Waals surface area contributed by atoms with E-state index in [0.717, 1.165) is 0 Å². The predicted octanol–water partition coefficient (Wildman–Crippen LogP) is 4.54. The Bertz CT molecular complexity index is 1010. The third kappa shape index (κ3) is 5.98. The Morgan fingerprint density at radius 1 is 0.900 bits per heavy atom. The molecule has 0 fully saturated rings. The van der Waals surface area contributed by atoms with Gasteiger partial charge in [0, 0.05) is 12.0 Å². The first kappa shape index (κ1) is 22.3. The smallest absolute Gasteiger partial charge is 0.333 e. The van der Waals surface area contributed by atoms with E-state index >= 15 is 0 Å². The van der Waals surface area contributed by atoms with E-state index in [2.05, 4.69) is 18.7 Å². The van der Waals surface area contributed by atoms with E-state index in [4.69, 9.17) is 14.2 Å². The highest BCUT2D eigenvalue weighted by atomic mass is 16.5. The lowest BCUT2D eigenvalue weighted by Crippen LogP contribution is -2.09. The number of esters is 1. The molecule has 2 aromatic rings. The molecule has 0 heterocycles. The molecule has 0 radical (unpaired) electrons. The van der Waals surface area contributed by atoms with Crippen LogP contribution in [0.5, 0.6) is 11.5 Å². The van der Waals surface area contributed by atoms with Gasteiger partial charge in [0.2, 0.25) is 0 Å². The minimum Gasteiger partial charge on any atom is -0.497 e. The third-order valence-corrected chi connectivity index (χ3v) is 4.13. The van der Waals surface area contributed by atoms with E-state index in [1.807, 2.05) is 0 Å². The molecule has 0 spiro atoms. The second-order valence-electron chi connectivity index (χ2n) is 6.34. The summed E-state index contributed by atoms with van der Waals surface area (Å²) in [7, 11) is 1.56. The maximum absolute atomic E-state index is 11.3. The summed E-state index contributed by atoms with van der Waals surface area (Å²) in [6.07, 6.45) is 0.542. The molecule has 0 aliphatic heterocycles. The van der Waals surface area contributed by atoms with Crippen molar-refractivity contribution in [2.24, 2.45) is 0 Å². The summed E-state index contributed by atoms with van der Waals surface area (Å²) in [6, 6.07) is 18.1. The van der Waals surface area contributed by atoms with Gasteiger partial charge in [0.05, 0.1) is 31.5 Å². The number of nitrogens with zero attached hydrogens (tertiary/aromatic N) is 2. The average Bonchev–Trinajstić information content (AvgIpc) is 2.77. The predicted molar refractivity (Wildman–Crippen MR) is 113 cm³/mol. The van der Waals surface area contributed by atoms with Crippen molar-refractivity contribution in [3.8, 4) is 23.6 Å². The van der Waals surface area contributed by atoms with Gasteiger partial charge in [-0.1, -0.05) is 6.58 Å². The summed E-state index contributed by atoms with van der Waals surface area (Å²) in [5, 5.41) is 19.2. The van der Waals surface area contributed by atoms with Crippen LogP contribution >= 0.6 is 0 Å². The number of hydrogen-bond acceptors (Lipinski definition) is 6. The fourth-order valence-corrected chi connectivity index (χ4v) is 2.54. The van der Waals surface area contributed by atoms with Crippen molar-refractivity contribution >= 4 is 17.1 Å². The molecule has 0 saturated heterocycles. The van der Waals surface area contributed by atoms with Crippen molar-refractivity contribution in [3.63, 3.8) is 0 Å². The zero-order valence-electron chi connectivity index (χ0n) is 17.0. The molecule has 0 aromatic heterocycles. The summed E-state index contributed by atoms with van der Waals surface area (Å²) in [6.45, 7) is 5.73. The van der Waals surface area contributed by atoms with Crippen LogP contribution in [0.25, 0.3) is 11.1 Å². The van der Waals surface area contributed by atoms with E-state index in [9.17, 15) is 15.3 Å². The number of hydrogen-bond donors (Lipinski definition) is 0. The molecule has 6 heteroatoms. The number of methoxy groups -OCH3 is 1. The molecule has 0 atom stereocenters. The molecule has 2 rings (SSSR count). The van der Waals surface area contributed by atoms with E-state index < -0.39 is 5.97 Å². The molecule has 2 aromatic carbocycles. The number of rotatable bonds is 9. The van der Waals surface area contributed by atoms with Crippen molar-refractivity contribution in [1.29, 1.82) is 10.5 Å². The number of ether oxygens (including phenoxy) is 3. The second-order valence-corrected chi connectivity index (χ2v) is 6.34. The van der Waals surface area contributed by atoms with Crippen LogP contribution in [0.1, 0.15) is 24.5 Å². The number of benzene rings is 2. The van der Waals surface area contributed by atoms with Gasteiger partial charge < -0.3 is 14.2 Å². The van der Waals surface area contributed by atoms with E-state index in [1.165, 1.54) is 0 Å². The Hall–Kier alpha value is -4.03. The molecule has 30 heavy (non-hydrogen) atoms. The van der Waals surface area contributed by atoms with E-state index in [1.54, 1.807) is 62.6 Å². The minimum absolute atomic E-state index is 0.248. The highest BCUT2D eigenvalue weighted by molar-refractivity contribution is 6.02. The van der Waals surface area contributed by atoms with Gasteiger partial charge in [-0.05, 0) is 66.6 Å². The molecule has 0 unspecified atom stereocenters. The maximum Gasteiger partial charge on any atom is 0.333 e. The minimum atomic E-state index is -0.416. The topological polar surface area (TPSA) is 92.3 Å². The summed E-state index contributed by atoms with van der Waals surface area (Å²) in [4.78, 5) is 11.3. The summed E-state index contributed by atoms with van der Waals surface area (Å²) < 4.78 is 15.8. The van der Waals surface area contributed by atoms with Crippen LogP contribution in [-0.2, 0) is 9.53 Å². The van der Waals surface area contributed by atoms with E-state index in [-0.39, 0.29) is 17.8 Å². The van der Waals surface area contributed by atoms with Crippen molar-refractivity contribution in [3.05, 3.63) is 71.8 Å². The quantitative estimate of drug-likeness (QED) is 0.201. The molecule has 0 N–H and O–H groups in total. The Labute approximate surface area is 176 Å². The summed E-state index contributed by atoms with van der Waals surface area (Å²) >= 11 is 0. The number of allylic oxidation sites excluding steroid dienone is 2. The van der Waals surface area contributed by atoms with Gasteiger partial charge in [-0.15, -0.1) is 0 Å². The van der Waals surface area contributed by atoms with Crippen LogP contribution in [0.3, 0.4) is 0 Å². The zero-order valence-corrected chi connectivity index (χ0v) is 17.0. The van der Waals surface area contributed by atoms with Gasteiger partial charge in [0.15, 0.2) is 0 Å². The molecular formula is C24H22N2O4. The molecule has 0 aliphatic carbocycles. The van der Waals surface area contributed by atoms with Crippen molar-refractivity contribution in [1.82, 2.24) is 0 Å². The first-order chi connectivity index (χ1) is 14.5. The molecule has 0 bridgehead atoms. The lowest BCUT2D eigenvalue weighted by atomic mass is 9.96. The SMILES string of the molecule is C=C(C)C(=O)OCCCOc1ccc(/C(C#N)=C(/C#N)c2ccc(OC)cc2)cc1. The van der Waals surface area contributed by atoms with Gasteiger partial charge in [0.25, 0.3) is 0 Å². The largest absolute Gasteiger partial charge is 0.497 e. The van der Waals surface area contributed by atoms with Crippen LogP contribution in [-0.4, -0.2) is 26.3 Å². The Balaban J connectivity index is 2.06. The molecule has 0 aliphatic rings. The summed E-state index contributed by atoms with van der Waals surface area (Å²) in [5.41, 5.74) is 2.18. The molecule has 6 nitrogen and oxygen atoms in total. The Morgan fingerprint density at radius 3 is 1.83 bits per heavy atom. The fraction of sp³-hybridized carbons (Fsp3) is 0.208. The van der Waals surface area contributed by atoms with Crippen LogP contribution < -0.4 is 9.47 Å². The Kier molecular flexibility index (Phi) is 8.23. The van der Waals surface area contributed by atoms with Gasteiger partial charge >= 0.3 is 5.97 Å². The van der Waals surface area contributed by atoms with Crippen LogP contribution in [0, 0.1) is 22.7 Å². The van der Waals surface area contributed by atoms with Crippen LogP contribution in [0.2, 0.25) is 0 Å². The number of nitriles is 2. The second kappa shape index (κ2) is 11.1. The molecule has 0 amide bonds. The van der Waals surface area contributed by atoms with E-state index in [0.29, 0.717) is 41.2 Å². The number of carbonyl (C=O) groups is 1. The maximum atomic E-state index is 11.3. The van der Waals surface area contributed by atoms with Crippen LogP contribution in [0.4, 0.5) is 0 Å². The molecular weight excluding hydrogens is 380 g/mol. The molecule has 0 saturated carbocycles. The molecule has 152 valence electrons. The standard InChI is InChI=1S/C24H22N2O4/c1-17(2)24(27)30-14-4-13-29-21-11-7-19(8-12-21)23(16-26)22(15-25)18-5-9-20(28-3)10-6-18/h5-12H,1,4,13-14H2,2-3H3/b23-22-. The monoisotopic (exact) mass is 402 g/mol. The van der Waals surface area contributed by atoms with Crippen molar-refractivity contribution in [2.45, 2.75) is 13.3 Å². The summed E-state index contributed by atoms with van der Waals surface area (Å²) in [5.74, 6) is 0.871. The van der Waals surface area contributed by atoms with Crippen molar-refractivity contribution in [2.75, 3.05) is 20.3 Å². The van der Waals surface area contributed by atoms with Gasteiger partial charge in [-0.25, -0.2) is 4.79 Å². The lowest BCUT2D eigenvalue weighted by Gasteiger charge is -2.09. The van der Waals surface area contributed by atoms with Crippen molar-refractivity contribution < 1.29 is 19.0 Å². The highest BCUT2D eigenvalue weighted by Gasteiger charge is 2.12. The highest BCUT2D eigenvalue weighted by Crippen LogP contribution is 2.28. The fourth-order valence-electron chi connectivity index (χ4n) is 2.54. The first-order valence-corrected chi connectivity index (χ1v) is 9.25.